The van der Waals surface area contributed by atoms with Crippen molar-refractivity contribution in [3.8, 4) is 0 Å². The van der Waals surface area contributed by atoms with E-state index in [2.05, 4.69) is 15.9 Å². The van der Waals surface area contributed by atoms with Crippen LogP contribution in [0.25, 0.3) is 0 Å². The van der Waals surface area contributed by atoms with Crippen LogP contribution in [-0.4, -0.2) is 59.5 Å². The fraction of sp³-hybridized carbons (Fsp3) is 0.500. The van der Waals surface area contributed by atoms with E-state index >= 15 is 0 Å². The molecule has 1 N–H and O–H groups in total. The minimum atomic E-state index is -0.812. The smallest absolute Gasteiger partial charge is 0.317 e. The van der Waals surface area contributed by atoms with E-state index in [4.69, 9.17) is 5.11 Å². The molecule has 1 aromatic carbocycles. The highest BCUT2D eigenvalue weighted by Gasteiger charge is 2.25. The van der Waals surface area contributed by atoms with Gasteiger partial charge in [0.05, 0.1) is 12.1 Å². The molecular weight excluding hydrogens is 348 g/mol. The second kappa shape index (κ2) is 7.74. The third kappa shape index (κ3) is 4.30. The molecule has 0 aromatic heterocycles. The molecule has 1 aliphatic heterocycles. The van der Waals surface area contributed by atoms with E-state index in [9.17, 15) is 9.59 Å². The summed E-state index contributed by atoms with van der Waals surface area (Å²) in [5.74, 6) is -0.776. The number of hydrogen-bond donors (Lipinski definition) is 1. The monoisotopic (exact) mass is 368 g/mol. The number of likely N-dealkylation sites (N-methyl/N-ethyl adjacent to an activating group) is 1. The summed E-state index contributed by atoms with van der Waals surface area (Å²) in [4.78, 5) is 27.2. The summed E-state index contributed by atoms with van der Waals surface area (Å²) in [6.45, 7) is 1.43. The average Bonchev–Trinajstić information content (AvgIpc) is 2.72. The van der Waals surface area contributed by atoms with Gasteiger partial charge >= 0.3 is 5.97 Å². The van der Waals surface area contributed by atoms with E-state index in [-0.39, 0.29) is 18.5 Å². The third-order valence-corrected chi connectivity index (χ3v) is 4.79. The molecule has 1 amide bonds. The molecule has 1 atom stereocenters. The van der Waals surface area contributed by atoms with Crippen molar-refractivity contribution in [3.05, 3.63) is 34.3 Å². The van der Waals surface area contributed by atoms with Crippen molar-refractivity contribution in [2.24, 2.45) is 0 Å². The highest BCUT2D eigenvalue weighted by atomic mass is 79.9. The van der Waals surface area contributed by atoms with Crippen LogP contribution < -0.4 is 0 Å². The number of aliphatic carboxylic acids is 1. The second-order valence-corrected chi connectivity index (χ2v) is 6.52. The van der Waals surface area contributed by atoms with Gasteiger partial charge in [-0.05, 0) is 54.4 Å². The van der Waals surface area contributed by atoms with Crippen LogP contribution >= 0.6 is 15.9 Å². The molecule has 1 aromatic rings. The lowest BCUT2D eigenvalue weighted by molar-refractivity contribution is -0.138. The molecule has 1 fully saturated rings. The number of amides is 1. The minimum absolute atomic E-state index is 0.0361. The zero-order valence-corrected chi connectivity index (χ0v) is 14.3. The third-order valence-electron chi connectivity index (χ3n) is 4.10. The molecule has 0 saturated carbocycles. The van der Waals surface area contributed by atoms with Gasteiger partial charge in [-0.3, -0.25) is 14.5 Å². The molecular formula is C16H21BrN2O3. The maximum atomic E-state index is 12.6. The van der Waals surface area contributed by atoms with E-state index < -0.39 is 5.97 Å². The fourth-order valence-electron chi connectivity index (χ4n) is 2.87. The first-order valence-electron chi connectivity index (χ1n) is 7.45. The van der Waals surface area contributed by atoms with Crippen molar-refractivity contribution in [3.63, 3.8) is 0 Å². The van der Waals surface area contributed by atoms with Crippen molar-refractivity contribution in [2.45, 2.75) is 25.3 Å². The van der Waals surface area contributed by atoms with Crippen LogP contribution in [0.15, 0.2) is 28.7 Å². The molecule has 120 valence electrons. The van der Waals surface area contributed by atoms with Gasteiger partial charge in [-0.25, -0.2) is 0 Å². The number of hydrogen-bond acceptors (Lipinski definition) is 3. The first-order valence-corrected chi connectivity index (χ1v) is 8.24. The van der Waals surface area contributed by atoms with Crippen LogP contribution in [0, 0.1) is 0 Å². The Morgan fingerprint density at radius 3 is 2.73 bits per heavy atom. The van der Waals surface area contributed by atoms with Crippen molar-refractivity contribution in [2.75, 3.05) is 26.7 Å². The highest BCUT2D eigenvalue weighted by Crippen LogP contribution is 2.21. The number of benzene rings is 1. The predicted molar refractivity (Wildman–Crippen MR) is 88.0 cm³/mol. The fourth-order valence-corrected chi connectivity index (χ4v) is 3.32. The number of carbonyl (C=O) groups is 2. The summed E-state index contributed by atoms with van der Waals surface area (Å²) >= 11 is 3.42. The van der Waals surface area contributed by atoms with E-state index in [1.54, 1.807) is 0 Å². The van der Waals surface area contributed by atoms with E-state index in [1.807, 2.05) is 41.1 Å². The van der Waals surface area contributed by atoms with Crippen molar-refractivity contribution >= 4 is 27.8 Å². The molecule has 0 radical (unpaired) electrons. The number of carbonyl (C=O) groups excluding carboxylic acids is 1. The van der Waals surface area contributed by atoms with Crippen LogP contribution in [0.1, 0.15) is 29.6 Å². The molecule has 22 heavy (non-hydrogen) atoms. The molecule has 2 rings (SSSR count). The lowest BCUT2D eigenvalue weighted by atomic mass is 10.1. The topological polar surface area (TPSA) is 60.9 Å². The van der Waals surface area contributed by atoms with Crippen LogP contribution in [-0.2, 0) is 4.79 Å². The van der Waals surface area contributed by atoms with E-state index in [0.717, 1.165) is 30.3 Å². The standard InChI is InChI=1S/C16H21BrN2O3/c1-18(11-15(20)21)12-5-4-9-19(10-8-12)16(22)13-6-2-3-7-14(13)17/h2-3,6-7,12H,4-5,8-11H2,1H3,(H,20,21). The molecule has 0 spiro atoms. The summed E-state index contributed by atoms with van der Waals surface area (Å²) in [6.07, 6.45) is 2.62. The Kier molecular flexibility index (Phi) is 5.97. The molecule has 5 nitrogen and oxygen atoms in total. The van der Waals surface area contributed by atoms with Gasteiger partial charge in [0.1, 0.15) is 0 Å². The second-order valence-electron chi connectivity index (χ2n) is 5.67. The summed E-state index contributed by atoms with van der Waals surface area (Å²) < 4.78 is 0.809. The van der Waals surface area contributed by atoms with Gasteiger partial charge in [0.2, 0.25) is 0 Å². The molecule has 1 aliphatic rings. The normalized spacial score (nSPS) is 19.0. The molecule has 1 saturated heterocycles. The lowest BCUT2D eigenvalue weighted by Gasteiger charge is -2.25. The van der Waals surface area contributed by atoms with Crippen molar-refractivity contribution in [1.82, 2.24) is 9.80 Å². The number of carboxylic acids is 1. The number of halogens is 1. The van der Waals surface area contributed by atoms with Crippen LogP contribution in [0.5, 0.6) is 0 Å². The zero-order chi connectivity index (χ0) is 16.1. The lowest BCUT2D eigenvalue weighted by Crippen LogP contribution is -2.37. The van der Waals surface area contributed by atoms with E-state index in [1.165, 1.54) is 0 Å². The molecule has 6 heteroatoms. The number of likely N-dealkylation sites (tertiary alicyclic amines) is 1. The van der Waals surface area contributed by atoms with Crippen molar-refractivity contribution < 1.29 is 14.7 Å². The SMILES string of the molecule is CN(CC(=O)O)C1CCCN(C(=O)c2ccccc2Br)CC1. The molecule has 0 aliphatic carbocycles. The Balaban J connectivity index is 2.00. The van der Waals surface area contributed by atoms with Crippen LogP contribution in [0.2, 0.25) is 0 Å². The largest absolute Gasteiger partial charge is 0.480 e. The quantitative estimate of drug-likeness (QED) is 0.886. The van der Waals surface area contributed by atoms with Gasteiger partial charge in [-0.2, -0.15) is 0 Å². The number of rotatable bonds is 4. The van der Waals surface area contributed by atoms with Crippen molar-refractivity contribution in [1.29, 1.82) is 0 Å². The van der Waals surface area contributed by atoms with E-state index in [0.29, 0.717) is 12.1 Å². The summed E-state index contributed by atoms with van der Waals surface area (Å²) in [5, 5.41) is 8.89. The van der Waals surface area contributed by atoms with Crippen LogP contribution in [0.4, 0.5) is 0 Å². The van der Waals surface area contributed by atoms with Gasteiger partial charge in [0, 0.05) is 23.6 Å². The van der Waals surface area contributed by atoms with Gasteiger partial charge < -0.3 is 10.0 Å². The Hall–Kier alpha value is -1.40. The minimum Gasteiger partial charge on any atom is -0.480 e. The first kappa shape index (κ1) is 17.0. The van der Waals surface area contributed by atoms with Crippen LogP contribution in [0.3, 0.4) is 0 Å². The first-order chi connectivity index (χ1) is 10.5. The Morgan fingerprint density at radius 2 is 2.05 bits per heavy atom. The maximum Gasteiger partial charge on any atom is 0.317 e. The Bertz CT molecular complexity index is 550. The molecule has 1 unspecified atom stereocenters. The van der Waals surface area contributed by atoms with Gasteiger partial charge in [-0.1, -0.05) is 12.1 Å². The molecule has 0 bridgehead atoms. The zero-order valence-electron chi connectivity index (χ0n) is 12.7. The summed E-state index contributed by atoms with van der Waals surface area (Å²) in [5.41, 5.74) is 0.680. The Labute approximate surface area is 139 Å². The summed E-state index contributed by atoms with van der Waals surface area (Å²) in [7, 11) is 1.84. The van der Waals surface area contributed by atoms with Gasteiger partial charge in [-0.15, -0.1) is 0 Å². The predicted octanol–water partition coefficient (Wildman–Crippen LogP) is 2.46. The summed E-state index contributed by atoms with van der Waals surface area (Å²) in [6, 6.07) is 7.66. The highest BCUT2D eigenvalue weighted by molar-refractivity contribution is 9.10. The maximum absolute atomic E-state index is 12.6. The average molecular weight is 369 g/mol. The molecule has 1 heterocycles. The number of nitrogens with zero attached hydrogens (tertiary/aromatic N) is 2. The van der Waals surface area contributed by atoms with Gasteiger partial charge in [0.25, 0.3) is 5.91 Å². The number of carboxylic acid groups (broad SMARTS) is 1. The van der Waals surface area contributed by atoms with Gasteiger partial charge in [0.15, 0.2) is 0 Å². The Morgan fingerprint density at radius 1 is 1.32 bits per heavy atom.